The van der Waals surface area contributed by atoms with Crippen LogP contribution in [0.2, 0.25) is 0 Å². The highest BCUT2D eigenvalue weighted by Crippen LogP contribution is 2.15. The van der Waals surface area contributed by atoms with Crippen LogP contribution in [0.15, 0.2) is 30.6 Å². The Morgan fingerprint density at radius 3 is 2.43 bits per heavy atom. The number of anilines is 2. The van der Waals surface area contributed by atoms with Crippen LogP contribution in [-0.2, 0) is 0 Å². The fraction of sp³-hybridized carbons (Fsp3) is 0.375. The van der Waals surface area contributed by atoms with Gasteiger partial charge in [-0.1, -0.05) is 0 Å². The molecule has 0 spiro atoms. The van der Waals surface area contributed by atoms with E-state index in [4.69, 9.17) is 0 Å². The maximum absolute atomic E-state index is 12.4. The van der Waals surface area contributed by atoms with Gasteiger partial charge in [0.1, 0.15) is 0 Å². The van der Waals surface area contributed by atoms with Crippen LogP contribution in [-0.4, -0.2) is 52.1 Å². The van der Waals surface area contributed by atoms with Gasteiger partial charge < -0.3 is 15.1 Å². The standard InChI is InChI=1S/C16H20N6O/c1-12-4-5-14(13(2)19-12)20-16(23)22-10-8-21(9-11-22)15-17-6-3-7-18-15/h3-7H,8-11H2,1-2H3,(H,20,23). The molecule has 1 N–H and O–H groups in total. The molecule has 0 unspecified atom stereocenters. The summed E-state index contributed by atoms with van der Waals surface area (Å²) < 4.78 is 0. The van der Waals surface area contributed by atoms with Crippen molar-refractivity contribution < 1.29 is 4.79 Å². The van der Waals surface area contributed by atoms with E-state index < -0.39 is 0 Å². The minimum Gasteiger partial charge on any atom is -0.337 e. The van der Waals surface area contributed by atoms with E-state index in [1.54, 1.807) is 23.4 Å². The molecule has 3 rings (SSSR count). The Labute approximate surface area is 135 Å². The quantitative estimate of drug-likeness (QED) is 0.916. The molecular formula is C16H20N6O. The van der Waals surface area contributed by atoms with Crippen molar-refractivity contribution in [3.05, 3.63) is 42.0 Å². The van der Waals surface area contributed by atoms with Crippen LogP contribution < -0.4 is 10.2 Å². The van der Waals surface area contributed by atoms with Crippen molar-refractivity contribution in [2.45, 2.75) is 13.8 Å². The van der Waals surface area contributed by atoms with Gasteiger partial charge in [-0.05, 0) is 32.0 Å². The van der Waals surface area contributed by atoms with Crippen LogP contribution in [0.5, 0.6) is 0 Å². The molecule has 2 aromatic rings. The summed E-state index contributed by atoms with van der Waals surface area (Å²) in [7, 11) is 0. The predicted molar refractivity (Wildman–Crippen MR) is 88.5 cm³/mol. The normalized spacial score (nSPS) is 14.7. The first-order valence-electron chi connectivity index (χ1n) is 7.65. The summed E-state index contributed by atoms with van der Waals surface area (Å²) in [5, 5.41) is 2.94. The molecule has 0 radical (unpaired) electrons. The second-order valence-electron chi connectivity index (χ2n) is 5.54. The molecule has 7 nitrogen and oxygen atoms in total. The number of nitrogens with one attached hydrogen (secondary N) is 1. The minimum atomic E-state index is -0.0904. The first kappa shape index (κ1) is 15.2. The van der Waals surface area contributed by atoms with E-state index in [2.05, 4.69) is 25.2 Å². The average Bonchev–Trinajstić information content (AvgIpc) is 2.58. The number of aryl methyl sites for hydroxylation is 2. The minimum absolute atomic E-state index is 0.0904. The highest BCUT2D eigenvalue weighted by molar-refractivity contribution is 5.90. The maximum Gasteiger partial charge on any atom is 0.322 e. The number of carbonyl (C=O) groups excluding carboxylic acids is 1. The fourth-order valence-corrected chi connectivity index (χ4v) is 2.58. The molecule has 3 heterocycles. The van der Waals surface area contributed by atoms with Gasteiger partial charge in [0.05, 0.1) is 11.4 Å². The van der Waals surface area contributed by atoms with Crippen molar-refractivity contribution in [1.82, 2.24) is 19.9 Å². The molecule has 0 aromatic carbocycles. The van der Waals surface area contributed by atoms with Crippen LogP contribution in [0.3, 0.4) is 0 Å². The topological polar surface area (TPSA) is 74.2 Å². The molecule has 1 aliphatic rings. The van der Waals surface area contributed by atoms with E-state index >= 15 is 0 Å². The van der Waals surface area contributed by atoms with Gasteiger partial charge in [-0.3, -0.25) is 4.98 Å². The Balaban J connectivity index is 1.58. The first-order chi connectivity index (χ1) is 11.1. The highest BCUT2D eigenvalue weighted by atomic mass is 16.2. The molecule has 120 valence electrons. The Morgan fingerprint density at radius 2 is 1.78 bits per heavy atom. The number of nitrogens with zero attached hydrogens (tertiary/aromatic N) is 5. The monoisotopic (exact) mass is 312 g/mol. The molecule has 2 amide bonds. The van der Waals surface area contributed by atoms with E-state index in [1.165, 1.54) is 0 Å². The Morgan fingerprint density at radius 1 is 1.09 bits per heavy atom. The lowest BCUT2D eigenvalue weighted by atomic mass is 10.2. The molecule has 23 heavy (non-hydrogen) atoms. The third kappa shape index (κ3) is 3.56. The van der Waals surface area contributed by atoms with Crippen molar-refractivity contribution in [3.8, 4) is 0 Å². The lowest BCUT2D eigenvalue weighted by molar-refractivity contribution is 0.208. The van der Waals surface area contributed by atoms with Crippen LogP contribution in [0.25, 0.3) is 0 Å². The van der Waals surface area contributed by atoms with Crippen LogP contribution in [0.1, 0.15) is 11.4 Å². The third-order valence-electron chi connectivity index (χ3n) is 3.87. The first-order valence-corrected chi connectivity index (χ1v) is 7.65. The molecule has 7 heteroatoms. The second-order valence-corrected chi connectivity index (χ2v) is 5.54. The average molecular weight is 312 g/mol. The highest BCUT2D eigenvalue weighted by Gasteiger charge is 2.22. The van der Waals surface area contributed by atoms with Crippen molar-refractivity contribution in [2.75, 3.05) is 36.4 Å². The Kier molecular flexibility index (Phi) is 4.36. The van der Waals surface area contributed by atoms with E-state index in [-0.39, 0.29) is 6.03 Å². The number of piperazine rings is 1. The van der Waals surface area contributed by atoms with Gasteiger partial charge in [0.2, 0.25) is 5.95 Å². The van der Waals surface area contributed by atoms with Crippen molar-refractivity contribution in [3.63, 3.8) is 0 Å². The SMILES string of the molecule is Cc1ccc(NC(=O)N2CCN(c3ncccn3)CC2)c(C)n1. The second kappa shape index (κ2) is 6.60. The number of amides is 2. The molecule has 1 saturated heterocycles. The molecule has 0 saturated carbocycles. The third-order valence-corrected chi connectivity index (χ3v) is 3.87. The van der Waals surface area contributed by atoms with E-state index in [0.29, 0.717) is 19.0 Å². The van der Waals surface area contributed by atoms with Gasteiger partial charge >= 0.3 is 6.03 Å². The molecular weight excluding hydrogens is 292 g/mol. The van der Waals surface area contributed by atoms with Crippen molar-refractivity contribution in [1.29, 1.82) is 0 Å². The number of urea groups is 1. The van der Waals surface area contributed by atoms with Crippen molar-refractivity contribution >= 4 is 17.7 Å². The molecule has 0 bridgehead atoms. The van der Waals surface area contributed by atoms with Crippen LogP contribution >= 0.6 is 0 Å². The summed E-state index contributed by atoms with van der Waals surface area (Å²) in [4.78, 5) is 29.1. The lowest BCUT2D eigenvalue weighted by Gasteiger charge is -2.34. The number of aromatic nitrogens is 3. The predicted octanol–water partition coefficient (Wildman–Crippen LogP) is 1.84. The fourth-order valence-electron chi connectivity index (χ4n) is 2.58. The Hall–Kier alpha value is -2.70. The Bertz CT molecular complexity index is 682. The molecule has 2 aromatic heterocycles. The zero-order chi connectivity index (χ0) is 16.2. The molecule has 0 atom stereocenters. The molecule has 0 aliphatic carbocycles. The van der Waals surface area contributed by atoms with E-state index in [9.17, 15) is 4.79 Å². The number of hydrogen-bond donors (Lipinski definition) is 1. The number of carbonyl (C=O) groups is 1. The zero-order valence-electron chi connectivity index (χ0n) is 13.4. The number of hydrogen-bond acceptors (Lipinski definition) is 5. The number of rotatable bonds is 2. The van der Waals surface area contributed by atoms with Gasteiger partial charge in [0.25, 0.3) is 0 Å². The molecule has 1 aliphatic heterocycles. The van der Waals surface area contributed by atoms with E-state index in [0.717, 1.165) is 30.2 Å². The molecule has 1 fully saturated rings. The summed E-state index contributed by atoms with van der Waals surface area (Å²) in [6.07, 6.45) is 3.46. The summed E-state index contributed by atoms with van der Waals surface area (Å²) in [5.41, 5.74) is 2.53. The largest absolute Gasteiger partial charge is 0.337 e. The lowest BCUT2D eigenvalue weighted by Crippen LogP contribution is -2.50. The smallest absolute Gasteiger partial charge is 0.322 e. The maximum atomic E-state index is 12.4. The number of pyridine rings is 1. The van der Waals surface area contributed by atoms with Crippen molar-refractivity contribution in [2.24, 2.45) is 0 Å². The van der Waals surface area contributed by atoms with E-state index in [1.807, 2.05) is 26.0 Å². The zero-order valence-corrected chi connectivity index (χ0v) is 13.4. The van der Waals surface area contributed by atoms with Gasteiger partial charge in [-0.25, -0.2) is 14.8 Å². The van der Waals surface area contributed by atoms with Crippen LogP contribution in [0, 0.1) is 13.8 Å². The summed E-state index contributed by atoms with van der Waals surface area (Å²) in [6, 6.07) is 5.49. The van der Waals surface area contributed by atoms with Gasteiger partial charge in [-0.2, -0.15) is 0 Å². The van der Waals surface area contributed by atoms with Gasteiger partial charge in [-0.15, -0.1) is 0 Å². The van der Waals surface area contributed by atoms with Gasteiger partial charge in [0.15, 0.2) is 0 Å². The summed E-state index contributed by atoms with van der Waals surface area (Å²) in [5.74, 6) is 0.714. The summed E-state index contributed by atoms with van der Waals surface area (Å²) >= 11 is 0. The van der Waals surface area contributed by atoms with Crippen LogP contribution in [0.4, 0.5) is 16.4 Å². The summed E-state index contributed by atoms with van der Waals surface area (Å²) in [6.45, 7) is 6.56. The van der Waals surface area contributed by atoms with Gasteiger partial charge in [0, 0.05) is 44.3 Å².